The third-order valence-corrected chi connectivity index (χ3v) is 7.66. The van der Waals surface area contributed by atoms with Crippen LogP contribution in [-0.4, -0.2) is 25.6 Å². The van der Waals surface area contributed by atoms with Gasteiger partial charge < -0.3 is 0 Å². The van der Waals surface area contributed by atoms with Gasteiger partial charge in [0.05, 0.1) is 16.6 Å². The van der Waals surface area contributed by atoms with Crippen LogP contribution < -0.4 is 9.44 Å². The van der Waals surface area contributed by atoms with Crippen molar-refractivity contribution in [1.29, 1.82) is 0 Å². The highest BCUT2D eigenvalue weighted by molar-refractivity contribution is 7.93. The first-order valence-electron chi connectivity index (χ1n) is 8.37. The van der Waals surface area contributed by atoms with E-state index in [0.29, 0.717) is 16.2 Å². The van der Waals surface area contributed by atoms with Crippen LogP contribution in [0.1, 0.15) is 0 Å². The van der Waals surface area contributed by atoms with Gasteiger partial charge in [-0.2, -0.15) is 8.75 Å². The molecule has 0 saturated carbocycles. The molecule has 8 nitrogen and oxygen atoms in total. The zero-order valence-corrected chi connectivity index (χ0v) is 18.2. The maximum Gasteiger partial charge on any atom is 0.264 e. The molecule has 0 spiro atoms. The second-order valence-electron chi connectivity index (χ2n) is 6.13. The van der Waals surface area contributed by atoms with E-state index in [1.54, 1.807) is 24.3 Å². The topological polar surface area (TPSA) is 118 Å². The molecule has 0 aliphatic rings. The minimum absolute atomic E-state index is 0.00477. The molecule has 4 aromatic rings. The normalized spacial score (nSPS) is 12.0. The molecule has 0 aliphatic heterocycles. The first-order chi connectivity index (χ1) is 14.2. The van der Waals surface area contributed by atoms with E-state index < -0.39 is 20.0 Å². The van der Waals surface area contributed by atoms with E-state index in [4.69, 9.17) is 11.6 Å². The predicted molar refractivity (Wildman–Crippen MR) is 117 cm³/mol. The Morgan fingerprint density at radius 2 is 1.33 bits per heavy atom. The molecule has 0 bridgehead atoms. The number of halogens is 1. The highest BCUT2D eigenvalue weighted by Gasteiger charge is 2.20. The predicted octanol–water partition coefficient (Wildman–Crippen LogP) is 3.95. The van der Waals surface area contributed by atoms with E-state index in [9.17, 15) is 16.8 Å². The standard InChI is InChI=1S/C18H13ClN4O4S3/c19-12-4-6-13(7-5-12)22-29(24,25)15-10-8-14(9-11-15)23-30(26,27)17-3-1-2-16-18(17)21-28-20-16/h1-11,22-23H. The van der Waals surface area contributed by atoms with Crippen LogP contribution >= 0.6 is 23.3 Å². The second kappa shape index (κ2) is 7.84. The van der Waals surface area contributed by atoms with Gasteiger partial charge >= 0.3 is 0 Å². The van der Waals surface area contributed by atoms with Crippen LogP contribution in [-0.2, 0) is 20.0 Å². The lowest BCUT2D eigenvalue weighted by Gasteiger charge is -2.11. The van der Waals surface area contributed by atoms with Crippen LogP contribution in [0.15, 0.2) is 76.5 Å². The number of hydrogen-bond donors (Lipinski definition) is 2. The van der Waals surface area contributed by atoms with Crippen LogP contribution in [0, 0.1) is 0 Å². The molecule has 0 atom stereocenters. The van der Waals surface area contributed by atoms with E-state index >= 15 is 0 Å². The van der Waals surface area contributed by atoms with Crippen molar-refractivity contribution >= 4 is 65.8 Å². The molecule has 3 aromatic carbocycles. The zero-order valence-electron chi connectivity index (χ0n) is 15.0. The summed E-state index contributed by atoms with van der Waals surface area (Å²) in [5, 5.41) is 0.485. The molecule has 0 fully saturated rings. The largest absolute Gasteiger partial charge is 0.280 e. The van der Waals surface area contributed by atoms with Gasteiger partial charge in [0, 0.05) is 16.4 Å². The average Bonchev–Trinajstić information content (AvgIpc) is 3.18. The average molecular weight is 481 g/mol. The molecule has 0 aliphatic carbocycles. The molecule has 2 N–H and O–H groups in total. The van der Waals surface area contributed by atoms with Crippen molar-refractivity contribution < 1.29 is 16.8 Å². The molecule has 12 heteroatoms. The van der Waals surface area contributed by atoms with Crippen LogP contribution in [0.5, 0.6) is 0 Å². The quantitative estimate of drug-likeness (QED) is 0.431. The van der Waals surface area contributed by atoms with Gasteiger partial charge in [-0.05, 0) is 60.7 Å². The Kier molecular flexibility index (Phi) is 5.36. The molecule has 1 aromatic heterocycles. The molecular weight excluding hydrogens is 468 g/mol. The molecule has 4 rings (SSSR count). The Bertz CT molecular complexity index is 1420. The molecule has 0 unspecified atom stereocenters. The minimum Gasteiger partial charge on any atom is -0.280 e. The van der Waals surface area contributed by atoms with Crippen molar-refractivity contribution in [3.63, 3.8) is 0 Å². The number of aromatic nitrogens is 2. The van der Waals surface area contributed by atoms with Gasteiger partial charge in [0.25, 0.3) is 20.0 Å². The second-order valence-corrected chi connectivity index (χ2v) is 10.4. The van der Waals surface area contributed by atoms with E-state index in [2.05, 4.69) is 18.2 Å². The summed E-state index contributed by atoms with van der Waals surface area (Å²) in [5.74, 6) is 0. The lowest BCUT2D eigenvalue weighted by atomic mass is 10.3. The van der Waals surface area contributed by atoms with Crippen molar-refractivity contribution in [2.45, 2.75) is 9.79 Å². The van der Waals surface area contributed by atoms with Gasteiger partial charge in [-0.3, -0.25) is 9.44 Å². The summed E-state index contributed by atoms with van der Waals surface area (Å²) < 4.78 is 63.5. The number of anilines is 2. The lowest BCUT2D eigenvalue weighted by Crippen LogP contribution is -2.15. The van der Waals surface area contributed by atoms with Crippen molar-refractivity contribution in [3.05, 3.63) is 71.8 Å². The van der Waals surface area contributed by atoms with Gasteiger partial charge in [0.1, 0.15) is 15.9 Å². The number of nitrogens with one attached hydrogen (secondary N) is 2. The zero-order chi connectivity index (χ0) is 21.4. The maximum atomic E-state index is 12.7. The van der Waals surface area contributed by atoms with Gasteiger partial charge in [-0.25, -0.2) is 16.8 Å². The maximum absolute atomic E-state index is 12.7. The summed E-state index contributed by atoms with van der Waals surface area (Å²) in [7, 11) is -7.78. The number of nitrogens with zero attached hydrogens (tertiary/aromatic N) is 2. The number of sulfonamides is 2. The van der Waals surface area contributed by atoms with E-state index in [1.165, 1.54) is 42.5 Å². The summed E-state index contributed by atoms with van der Waals surface area (Å²) in [4.78, 5) is -0.0268. The lowest BCUT2D eigenvalue weighted by molar-refractivity contribution is 0.600. The smallest absolute Gasteiger partial charge is 0.264 e. The summed E-state index contributed by atoms with van der Waals surface area (Å²) >= 11 is 6.72. The van der Waals surface area contributed by atoms with Crippen LogP contribution in [0.3, 0.4) is 0 Å². The monoisotopic (exact) mass is 480 g/mol. The van der Waals surface area contributed by atoms with Crippen molar-refractivity contribution in [2.75, 3.05) is 9.44 Å². The van der Waals surface area contributed by atoms with Crippen molar-refractivity contribution in [3.8, 4) is 0 Å². The summed E-state index contributed by atoms with van der Waals surface area (Å²) in [6.07, 6.45) is 0. The number of fused-ring (bicyclic) bond motifs is 1. The number of rotatable bonds is 6. The van der Waals surface area contributed by atoms with Crippen LogP contribution in [0.2, 0.25) is 5.02 Å². The van der Waals surface area contributed by atoms with Crippen LogP contribution in [0.25, 0.3) is 11.0 Å². The molecular formula is C18H13ClN4O4S3. The van der Waals surface area contributed by atoms with Crippen molar-refractivity contribution in [2.24, 2.45) is 0 Å². The van der Waals surface area contributed by atoms with E-state index in [0.717, 1.165) is 11.7 Å². The summed E-state index contributed by atoms with van der Waals surface area (Å²) in [6, 6.07) is 16.2. The molecule has 30 heavy (non-hydrogen) atoms. The molecule has 0 radical (unpaired) electrons. The Hall–Kier alpha value is -2.73. The van der Waals surface area contributed by atoms with Crippen LogP contribution in [0.4, 0.5) is 11.4 Å². The van der Waals surface area contributed by atoms with Gasteiger partial charge in [0.2, 0.25) is 0 Å². The molecule has 0 saturated heterocycles. The highest BCUT2D eigenvalue weighted by atomic mass is 35.5. The third-order valence-electron chi connectivity index (χ3n) is 4.05. The molecule has 1 heterocycles. The SMILES string of the molecule is O=S(=O)(Nc1ccc(Cl)cc1)c1ccc(NS(=O)(=O)c2cccc3nsnc23)cc1. The summed E-state index contributed by atoms with van der Waals surface area (Å²) in [5.41, 5.74) is 1.33. The van der Waals surface area contributed by atoms with Crippen molar-refractivity contribution in [1.82, 2.24) is 8.75 Å². The van der Waals surface area contributed by atoms with E-state index in [1.807, 2.05) is 0 Å². The van der Waals surface area contributed by atoms with Gasteiger partial charge in [-0.1, -0.05) is 17.7 Å². The fraction of sp³-hybridized carbons (Fsp3) is 0. The first kappa shape index (κ1) is 20.5. The Morgan fingerprint density at radius 1 is 0.733 bits per heavy atom. The molecule has 0 amide bonds. The third kappa shape index (κ3) is 4.24. The van der Waals surface area contributed by atoms with Gasteiger partial charge in [0.15, 0.2) is 0 Å². The number of hydrogen-bond acceptors (Lipinski definition) is 7. The minimum atomic E-state index is -3.93. The fourth-order valence-electron chi connectivity index (χ4n) is 2.64. The van der Waals surface area contributed by atoms with Gasteiger partial charge in [-0.15, -0.1) is 0 Å². The number of benzene rings is 3. The Balaban J connectivity index is 1.56. The fourth-order valence-corrected chi connectivity index (χ4v) is 5.65. The highest BCUT2D eigenvalue weighted by Crippen LogP contribution is 2.25. The summed E-state index contributed by atoms with van der Waals surface area (Å²) in [6.45, 7) is 0. The van der Waals surface area contributed by atoms with E-state index in [-0.39, 0.29) is 21.0 Å². The Labute approximate surface area is 182 Å². The molecule has 154 valence electrons. The first-order valence-corrected chi connectivity index (χ1v) is 12.4. The Morgan fingerprint density at radius 3 is 2.00 bits per heavy atom.